The fraction of sp³-hybridized carbons (Fsp3) is 1.00. The Balaban J connectivity index is 4.53. The minimum atomic E-state index is -2.19. The van der Waals surface area contributed by atoms with Crippen molar-refractivity contribution in [1.29, 1.82) is 0 Å². The van der Waals surface area contributed by atoms with E-state index in [1.54, 1.807) is 0 Å². The monoisotopic (exact) mass is 239 g/mol. The van der Waals surface area contributed by atoms with Gasteiger partial charge in [-0.3, -0.25) is 0 Å². The summed E-state index contributed by atoms with van der Waals surface area (Å²) in [6, 6.07) is 0. The number of hydrogen-bond acceptors (Lipinski definition) is 1. The van der Waals surface area contributed by atoms with Gasteiger partial charge in [-0.15, -0.1) is 0 Å². The first kappa shape index (κ1) is 11.8. The number of nitrogens with zero attached hydrogens (tertiary/aromatic N) is 1. The summed E-state index contributed by atoms with van der Waals surface area (Å²) < 4.78 is 3.61. The molecule has 0 aromatic rings. The van der Waals surface area contributed by atoms with E-state index in [-0.39, 0.29) is 0 Å². The van der Waals surface area contributed by atoms with E-state index >= 15 is 0 Å². The van der Waals surface area contributed by atoms with Gasteiger partial charge in [0, 0.05) is 0 Å². The normalized spacial score (nSPS) is 13.6. The van der Waals surface area contributed by atoms with Gasteiger partial charge in [0.2, 0.25) is 0 Å². The van der Waals surface area contributed by atoms with E-state index in [1.807, 2.05) is 0 Å². The van der Waals surface area contributed by atoms with Gasteiger partial charge in [0.15, 0.2) is 0 Å². The van der Waals surface area contributed by atoms with E-state index in [0.29, 0.717) is 9.50 Å². The van der Waals surface area contributed by atoms with Crippen LogP contribution in [-0.2, 0) is 0 Å². The Labute approximate surface area is 77.9 Å². The third kappa shape index (κ3) is 2.36. The van der Waals surface area contributed by atoms with Crippen LogP contribution < -0.4 is 0 Å². The van der Waals surface area contributed by atoms with Crippen molar-refractivity contribution < 1.29 is 0 Å². The zero-order valence-electron chi connectivity index (χ0n) is 8.48. The third-order valence-corrected chi connectivity index (χ3v) is 18.3. The van der Waals surface area contributed by atoms with Crippen molar-refractivity contribution in [3.63, 3.8) is 0 Å². The minimum absolute atomic E-state index is 0.659. The van der Waals surface area contributed by atoms with Gasteiger partial charge in [-0.1, -0.05) is 0 Å². The van der Waals surface area contributed by atoms with Crippen molar-refractivity contribution in [2.24, 2.45) is 0 Å². The van der Waals surface area contributed by atoms with E-state index in [2.05, 4.69) is 45.6 Å². The molecule has 0 aliphatic heterocycles. The van der Waals surface area contributed by atoms with Crippen LogP contribution >= 0.6 is 10.0 Å². The van der Waals surface area contributed by atoms with Crippen molar-refractivity contribution in [2.75, 3.05) is 14.1 Å². The van der Waals surface area contributed by atoms with Gasteiger partial charge in [0.1, 0.15) is 0 Å². The first-order valence-electron chi connectivity index (χ1n) is 4.19. The first-order valence-corrected chi connectivity index (χ1v) is 10.3. The molecule has 0 radical (unpaired) electrons. The van der Waals surface area contributed by atoms with Crippen molar-refractivity contribution in [3.05, 3.63) is 0 Å². The zero-order valence-corrected chi connectivity index (χ0v) is 11.3. The summed E-state index contributed by atoms with van der Waals surface area (Å²) in [4.78, 5) is 0. The molecule has 0 amide bonds. The molecule has 3 heteroatoms. The molecular weight excluding hydrogens is 218 g/mol. The van der Waals surface area contributed by atoms with Crippen molar-refractivity contribution in [3.8, 4) is 0 Å². The van der Waals surface area contributed by atoms with Crippen LogP contribution in [0.2, 0.25) is 9.50 Å². The molecule has 0 aliphatic rings. The van der Waals surface area contributed by atoms with Crippen LogP contribution in [-0.4, -0.2) is 30.5 Å². The van der Waals surface area contributed by atoms with Crippen LogP contribution in [0.4, 0.5) is 0 Å². The molecule has 0 fully saturated rings. The van der Waals surface area contributed by atoms with Gasteiger partial charge in [-0.25, -0.2) is 0 Å². The number of rotatable bonds is 3. The maximum absolute atomic E-state index is 6.66. The Hall–Kier alpha value is 0.793. The zero-order chi connectivity index (χ0) is 9.23. The van der Waals surface area contributed by atoms with E-state index in [0.717, 1.165) is 0 Å². The van der Waals surface area contributed by atoms with Gasteiger partial charge in [-0.05, 0) is 0 Å². The SMILES string of the molecule is C[CH](C)[Ge]([Cl])([CH](C)C)[N](C)C. The van der Waals surface area contributed by atoms with Crippen LogP contribution in [0.5, 0.6) is 0 Å². The summed E-state index contributed by atoms with van der Waals surface area (Å²) >= 11 is -2.19. The second-order valence-electron chi connectivity index (χ2n) is 3.93. The molecule has 1 nitrogen and oxygen atoms in total. The molecule has 0 unspecified atom stereocenters. The van der Waals surface area contributed by atoms with Crippen molar-refractivity contribution in [1.82, 2.24) is 3.86 Å². The van der Waals surface area contributed by atoms with Crippen molar-refractivity contribution in [2.45, 2.75) is 37.2 Å². The van der Waals surface area contributed by atoms with Gasteiger partial charge < -0.3 is 0 Å². The molecule has 0 aromatic heterocycles. The number of halogens is 1. The molecule has 68 valence electrons. The molecule has 0 saturated heterocycles. The molecular formula is C8H20ClGeN. The predicted octanol–water partition coefficient (Wildman–Crippen LogP) is 3.05. The molecule has 0 bridgehead atoms. The van der Waals surface area contributed by atoms with Gasteiger partial charge >= 0.3 is 77.7 Å². The first-order chi connectivity index (χ1) is 4.83. The van der Waals surface area contributed by atoms with Gasteiger partial charge in [0.05, 0.1) is 0 Å². The average molecular weight is 238 g/mol. The fourth-order valence-corrected chi connectivity index (χ4v) is 8.83. The molecule has 0 spiro atoms. The standard InChI is InChI=1S/C8H20ClGeN/c1-7(2)10(9,8(3)4)11(5)6/h7-8H,1-6H3. The van der Waals surface area contributed by atoms with E-state index < -0.39 is 12.6 Å². The van der Waals surface area contributed by atoms with E-state index in [4.69, 9.17) is 10.0 Å². The van der Waals surface area contributed by atoms with Crippen LogP contribution in [0, 0.1) is 0 Å². The molecule has 0 rings (SSSR count). The Bertz CT molecular complexity index is 101. The van der Waals surface area contributed by atoms with E-state index in [1.165, 1.54) is 0 Å². The molecule has 0 aliphatic carbocycles. The van der Waals surface area contributed by atoms with Gasteiger partial charge in [-0.2, -0.15) is 0 Å². The Morgan fingerprint density at radius 3 is 1.27 bits per heavy atom. The fourth-order valence-electron chi connectivity index (χ4n) is 1.70. The quantitative estimate of drug-likeness (QED) is 0.683. The van der Waals surface area contributed by atoms with Crippen LogP contribution in [0.25, 0.3) is 0 Å². The summed E-state index contributed by atoms with van der Waals surface area (Å²) in [5, 5.41) is 0. The molecule has 0 heterocycles. The van der Waals surface area contributed by atoms with Gasteiger partial charge in [0.25, 0.3) is 0 Å². The van der Waals surface area contributed by atoms with E-state index in [9.17, 15) is 0 Å². The summed E-state index contributed by atoms with van der Waals surface area (Å²) in [6.07, 6.45) is 0. The molecule has 0 aromatic carbocycles. The van der Waals surface area contributed by atoms with Crippen LogP contribution in [0.1, 0.15) is 27.7 Å². The van der Waals surface area contributed by atoms with Crippen LogP contribution in [0.3, 0.4) is 0 Å². The maximum atomic E-state index is 6.66. The molecule has 0 atom stereocenters. The molecule has 0 saturated carbocycles. The Morgan fingerprint density at radius 1 is 1.00 bits per heavy atom. The number of hydrogen-bond donors (Lipinski definition) is 0. The average Bonchev–Trinajstić information content (AvgIpc) is 1.84. The second kappa shape index (κ2) is 4.15. The summed E-state index contributed by atoms with van der Waals surface area (Å²) in [6.45, 7) is 8.97. The van der Waals surface area contributed by atoms with Crippen LogP contribution in [0.15, 0.2) is 0 Å². The summed E-state index contributed by atoms with van der Waals surface area (Å²) in [5.74, 6) is 0. The molecule has 0 N–H and O–H groups in total. The predicted molar refractivity (Wildman–Crippen MR) is 55.5 cm³/mol. The van der Waals surface area contributed by atoms with Crippen molar-refractivity contribution >= 4 is 22.6 Å². The second-order valence-corrected chi connectivity index (χ2v) is 16.9. The summed E-state index contributed by atoms with van der Waals surface area (Å²) in [7, 11) is 10.9. The summed E-state index contributed by atoms with van der Waals surface area (Å²) in [5.41, 5.74) is 0. The Morgan fingerprint density at radius 2 is 1.27 bits per heavy atom. The molecule has 11 heavy (non-hydrogen) atoms. The third-order valence-electron chi connectivity index (χ3n) is 2.30. The topological polar surface area (TPSA) is 3.24 Å². The Kier molecular flexibility index (Phi) is 4.45.